The number of nitrogens with one attached hydrogen (secondary N) is 2. The number of hydrogen-bond acceptors (Lipinski definition) is 4. The van der Waals surface area contributed by atoms with Crippen LogP contribution in [0, 0.1) is 0 Å². The third kappa shape index (κ3) is 17.4. The summed E-state index contributed by atoms with van der Waals surface area (Å²) in [4.78, 5) is 12.5. The first-order valence-electron chi connectivity index (χ1n) is 17.1. The molecule has 6 nitrogen and oxygen atoms in total. The number of sulfonamides is 1. The number of amides is 1. The first-order valence-corrected chi connectivity index (χ1v) is 18.6. The molecule has 0 aliphatic rings. The molecule has 0 bridgehead atoms. The van der Waals surface area contributed by atoms with Gasteiger partial charge in [-0.2, -0.15) is 0 Å². The Bertz CT molecular complexity index is 1090. The summed E-state index contributed by atoms with van der Waals surface area (Å²) in [5.74, 6) is 0.654. The first-order chi connectivity index (χ1) is 20.9. The maximum absolute atomic E-state index is 12.7. The van der Waals surface area contributed by atoms with Gasteiger partial charge in [-0.05, 0) is 61.9 Å². The third-order valence-corrected chi connectivity index (χ3v) is 9.27. The van der Waals surface area contributed by atoms with Crippen LogP contribution in [0.5, 0.6) is 5.75 Å². The van der Waals surface area contributed by atoms with Gasteiger partial charge in [0, 0.05) is 17.8 Å². The molecule has 43 heavy (non-hydrogen) atoms. The second-order valence-electron chi connectivity index (χ2n) is 11.7. The first kappa shape index (κ1) is 36.7. The molecule has 7 heteroatoms. The molecule has 0 aliphatic carbocycles. The average molecular weight is 615 g/mol. The van der Waals surface area contributed by atoms with E-state index in [2.05, 4.69) is 17.0 Å². The molecule has 0 saturated carbocycles. The summed E-state index contributed by atoms with van der Waals surface area (Å²) < 4.78 is 33.4. The van der Waals surface area contributed by atoms with Gasteiger partial charge in [-0.1, -0.05) is 122 Å². The Balaban J connectivity index is 1.45. The molecule has 0 atom stereocenters. The minimum absolute atomic E-state index is 0.0323. The molecule has 2 aromatic carbocycles. The molecule has 0 fully saturated rings. The summed E-state index contributed by atoms with van der Waals surface area (Å²) in [6, 6.07) is 13.0. The van der Waals surface area contributed by atoms with Crippen molar-refractivity contribution >= 4 is 27.3 Å². The van der Waals surface area contributed by atoms with Gasteiger partial charge in [0.05, 0.1) is 11.5 Å². The van der Waals surface area contributed by atoms with Crippen molar-refractivity contribution in [1.29, 1.82) is 0 Å². The third-order valence-electron chi connectivity index (χ3n) is 7.87. The van der Waals surface area contributed by atoms with E-state index < -0.39 is 10.0 Å². The maximum atomic E-state index is 12.7. The van der Waals surface area contributed by atoms with Gasteiger partial charge < -0.3 is 10.1 Å². The van der Waals surface area contributed by atoms with E-state index in [0.717, 1.165) is 12.8 Å². The SMILES string of the molecule is CCCCCCCCCCCCCCCCCCCCCC(=O)Nc1ccc(S(=O)(=O)Nc2ccc(OCC)cc2)cc1. The van der Waals surface area contributed by atoms with Crippen LogP contribution < -0.4 is 14.8 Å². The molecule has 242 valence electrons. The highest BCUT2D eigenvalue weighted by atomic mass is 32.2. The number of anilines is 2. The molecule has 0 aromatic heterocycles. The van der Waals surface area contributed by atoms with Crippen molar-refractivity contribution in [2.45, 2.75) is 147 Å². The van der Waals surface area contributed by atoms with Crippen LogP contribution >= 0.6 is 0 Å². The zero-order valence-corrected chi connectivity index (χ0v) is 27.8. The molecule has 2 rings (SSSR count). The van der Waals surface area contributed by atoms with Crippen LogP contribution in [0.4, 0.5) is 11.4 Å². The van der Waals surface area contributed by atoms with Crippen molar-refractivity contribution in [3.63, 3.8) is 0 Å². The predicted molar refractivity (Wildman–Crippen MR) is 182 cm³/mol. The number of ether oxygens (including phenoxy) is 1. The van der Waals surface area contributed by atoms with E-state index in [-0.39, 0.29) is 10.8 Å². The molecule has 1 amide bonds. The van der Waals surface area contributed by atoms with Gasteiger partial charge in [0.1, 0.15) is 5.75 Å². The molecule has 2 N–H and O–H groups in total. The van der Waals surface area contributed by atoms with Crippen LogP contribution in [0.3, 0.4) is 0 Å². The van der Waals surface area contributed by atoms with Gasteiger partial charge in [0.2, 0.25) is 5.91 Å². The topological polar surface area (TPSA) is 84.5 Å². The van der Waals surface area contributed by atoms with Crippen molar-refractivity contribution in [3.8, 4) is 5.75 Å². The summed E-state index contributed by atoms with van der Waals surface area (Å²) in [6.07, 6.45) is 25.8. The average Bonchev–Trinajstić information content (AvgIpc) is 2.99. The number of carbonyl (C=O) groups is 1. The monoisotopic (exact) mass is 614 g/mol. The Kier molecular flexibility index (Phi) is 19.5. The zero-order chi connectivity index (χ0) is 31.0. The highest BCUT2D eigenvalue weighted by Crippen LogP contribution is 2.21. The van der Waals surface area contributed by atoms with E-state index >= 15 is 0 Å². The van der Waals surface area contributed by atoms with Gasteiger partial charge in [0.25, 0.3) is 10.0 Å². The number of carbonyl (C=O) groups excluding carboxylic acids is 1. The number of rotatable bonds is 26. The zero-order valence-electron chi connectivity index (χ0n) is 27.0. The Morgan fingerprint density at radius 1 is 0.581 bits per heavy atom. The second kappa shape index (κ2) is 22.9. The predicted octanol–water partition coefficient (Wildman–Crippen LogP) is 10.6. The lowest BCUT2D eigenvalue weighted by atomic mass is 10.0. The Labute approximate surface area is 262 Å². The fourth-order valence-corrected chi connectivity index (χ4v) is 6.36. The molecule has 0 aliphatic heterocycles. The fraction of sp³-hybridized carbons (Fsp3) is 0.639. The minimum atomic E-state index is -3.73. The van der Waals surface area contributed by atoms with Crippen LogP contribution in [-0.2, 0) is 14.8 Å². The standard InChI is InChI=1S/C36H58N2O4S/c1-3-5-6-7-8-9-10-11-12-13-14-15-16-17-18-19-20-21-22-23-36(39)37-32-26-30-35(31-27-32)43(40,41)38-33-24-28-34(29-25-33)42-4-2/h24-31,38H,3-23H2,1-2H3,(H,37,39). The lowest BCUT2D eigenvalue weighted by molar-refractivity contribution is -0.116. The van der Waals surface area contributed by atoms with Crippen molar-refractivity contribution in [2.24, 2.45) is 0 Å². The summed E-state index contributed by atoms with van der Waals surface area (Å²) in [6.45, 7) is 4.72. The lowest BCUT2D eigenvalue weighted by Gasteiger charge is -2.10. The Morgan fingerprint density at radius 3 is 1.44 bits per heavy atom. The van der Waals surface area contributed by atoms with E-state index in [0.29, 0.717) is 30.2 Å². The van der Waals surface area contributed by atoms with Gasteiger partial charge in [-0.15, -0.1) is 0 Å². The maximum Gasteiger partial charge on any atom is 0.261 e. The molecule has 0 saturated heterocycles. The van der Waals surface area contributed by atoms with Gasteiger partial charge in [0.15, 0.2) is 0 Å². The minimum Gasteiger partial charge on any atom is -0.494 e. The molecular formula is C36H58N2O4S. The molecule has 0 spiro atoms. The van der Waals surface area contributed by atoms with Gasteiger partial charge in [-0.3, -0.25) is 9.52 Å². The van der Waals surface area contributed by atoms with Crippen molar-refractivity contribution in [3.05, 3.63) is 48.5 Å². The van der Waals surface area contributed by atoms with E-state index in [1.54, 1.807) is 36.4 Å². The number of unbranched alkanes of at least 4 members (excludes halogenated alkanes) is 18. The van der Waals surface area contributed by atoms with E-state index in [1.807, 2.05) is 6.92 Å². The molecule has 0 unspecified atom stereocenters. The number of benzene rings is 2. The molecule has 0 heterocycles. The lowest BCUT2D eigenvalue weighted by Crippen LogP contribution is -2.14. The second-order valence-corrected chi connectivity index (χ2v) is 13.4. The van der Waals surface area contributed by atoms with Gasteiger partial charge in [-0.25, -0.2) is 8.42 Å². The molecular weight excluding hydrogens is 556 g/mol. The van der Waals surface area contributed by atoms with Crippen LogP contribution in [0.25, 0.3) is 0 Å². The van der Waals surface area contributed by atoms with Gasteiger partial charge >= 0.3 is 0 Å². The molecule has 0 radical (unpaired) electrons. The van der Waals surface area contributed by atoms with E-state index in [9.17, 15) is 13.2 Å². The van der Waals surface area contributed by atoms with Crippen LogP contribution in [0.15, 0.2) is 53.4 Å². The van der Waals surface area contributed by atoms with Crippen LogP contribution in [-0.4, -0.2) is 20.9 Å². The quantitative estimate of drug-likeness (QED) is 0.103. The molecule has 2 aromatic rings. The van der Waals surface area contributed by atoms with Crippen molar-refractivity contribution < 1.29 is 17.9 Å². The summed E-state index contributed by atoms with van der Waals surface area (Å²) >= 11 is 0. The Hall–Kier alpha value is -2.54. The summed E-state index contributed by atoms with van der Waals surface area (Å²) in [5.41, 5.74) is 1.06. The summed E-state index contributed by atoms with van der Waals surface area (Å²) in [7, 11) is -3.73. The highest BCUT2D eigenvalue weighted by Gasteiger charge is 2.14. The van der Waals surface area contributed by atoms with Crippen molar-refractivity contribution in [1.82, 2.24) is 0 Å². The summed E-state index contributed by atoms with van der Waals surface area (Å²) in [5, 5.41) is 2.88. The largest absolute Gasteiger partial charge is 0.494 e. The van der Waals surface area contributed by atoms with E-state index in [1.165, 1.54) is 121 Å². The number of hydrogen-bond donors (Lipinski definition) is 2. The van der Waals surface area contributed by atoms with Crippen LogP contribution in [0.1, 0.15) is 142 Å². The van der Waals surface area contributed by atoms with E-state index in [4.69, 9.17) is 4.74 Å². The normalized spacial score (nSPS) is 11.4. The smallest absolute Gasteiger partial charge is 0.261 e. The fourth-order valence-electron chi connectivity index (χ4n) is 5.30. The highest BCUT2D eigenvalue weighted by molar-refractivity contribution is 7.92. The van der Waals surface area contributed by atoms with Crippen LogP contribution in [0.2, 0.25) is 0 Å². The van der Waals surface area contributed by atoms with Crippen molar-refractivity contribution in [2.75, 3.05) is 16.6 Å². The Morgan fingerprint density at radius 2 is 1.00 bits per heavy atom.